The molecule has 16 heavy (non-hydrogen) atoms. The first-order chi connectivity index (χ1) is 7.56. The number of benzene rings is 1. The van der Waals surface area contributed by atoms with Crippen LogP contribution in [0.3, 0.4) is 0 Å². The predicted octanol–water partition coefficient (Wildman–Crippen LogP) is 3.13. The number of aryl methyl sites for hydroxylation is 1. The van der Waals surface area contributed by atoms with Crippen molar-refractivity contribution in [3.8, 4) is 0 Å². The highest BCUT2D eigenvalue weighted by molar-refractivity contribution is 6.17. The van der Waals surface area contributed by atoms with E-state index in [-0.39, 0.29) is 5.69 Å². The molecule has 0 atom stereocenters. The molecule has 0 aliphatic rings. The van der Waals surface area contributed by atoms with E-state index >= 15 is 0 Å². The average Bonchev–Trinajstić information content (AvgIpc) is 2.24. The van der Waals surface area contributed by atoms with E-state index in [9.17, 15) is 10.1 Å². The van der Waals surface area contributed by atoms with Crippen LogP contribution < -0.4 is 5.73 Å². The smallest absolute Gasteiger partial charge is 0.270 e. The average molecular weight is 241 g/mol. The van der Waals surface area contributed by atoms with Gasteiger partial charge < -0.3 is 5.73 Å². The van der Waals surface area contributed by atoms with Crippen molar-refractivity contribution >= 4 is 29.1 Å². The van der Waals surface area contributed by atoms with Gasteiger partial charge in [0, 0.05) is 29.3 Å². The molecule has 0 saturated carbocycles. The van der Waals surface area contributed by atoms with Crippen molar-refractivity contribution in [3.05, 3.63) is 39.4 Å². The van der Waals surface area contributed by atoms with Crippen LogP contribution in [0, 0.1) is 17.0 Å². The summed E-state index contributed by atoms with van der Waals surface area (Å²) in [5.41, 5.74) is 7.82. The van der Waals surface area contributed by atoms with Crippen LogP contribution in [0.2, 0.25) is 0 Å². The van der Waals surface area contributed by atoms with Gasteiger partial charge in [0.1, 0.15) is 0 Å². The van der Waals surface area contributed by atoms with Gasteiger partial charge in [0.15, 0.2) is 0 Å². The van der Waals surface area contributed by atoms with Crippen LogP contribution in [-0.4, -0.2) is 10.8 Å². The number of nitrogens with two attached hydrogens (primary N) is 1. The lowest BCUT2D eigenvalue weighted by Gasteiger charge is -2.04. The number of allylic oxidation sites excluding steroid dienone is 1. The van der Waals surface area contributed by atoms with Crippen molar-refractivity contribution in [2.24, 2.45) is 0 Å². The summed E-state index contributed by atoms with van der Waals surface area (Å²) in [4.78, 5) is 10.2. The Morgan fingerprint density at radius 2 is 2.25 bits per heavy atom. The molecule has 86 valence electrons. The van der Waals surface area contributed by atoms with Gasteiger partial charge in [-0.3, -0.25) is 10.1 Å². The molecule has 1 aromatic carbocycles. The Morgan fingerprint density at radius 1 is 1.56 bits per heavy atom. The van der Waals surface area contributed by atoms with Crippen LogP contribution in [0.15, 0.2) is 18.2 Å². The standard InChI is InChI=1S/C11H13ClN2O2/c1-8-6-10(14(15)16)7-9(11(8)13)4-2-3-5-12/h2,4,6-7H,3,5,13H2,1H3. The van der Waals surface area contributed by atoms with E-state index in [1.54, 1.807) is 13.0 Å². The molecule has 0 heterocycles. The van der Waals surface area contributed by atoms with Gasteiger partial charge in [-0.05, 0) is 18.9 Å². The molecule has 5 heteroatoms. The fraction of sp³-hybridized carbons (Fsp3) is 0.273. The Morgan fingerprint density at radius 3 is 2.81 bits per heavy atom. The topological polar surface area (TPSA) is 69.2 Å². The van der Waals surface area contributed by atoms with Crippen LogP contribution in [0.5, 0.6) is 0 Å². The van der Waals surface area contributed by atoms with Crippen LogP contribution in [0.1, 0.15) is 17.5 Å². The molecule has 0 aliphatic carbocycles. The summed E-state index contributed by atoms with van der Waals surface area (Å²) in [7, 11) is 0. The Kier molecular flexibility index (Phi) is 4.31. The summed E-state index contributed by atoms with van der Waals surface area (Å²) in [6, 6.07) is 2.93. The lowest BCUT2D eigenvalue weighted by atomic mass is 10.1. The molecule has 0 saturated heterocycles. The largest absolute Gasteiger partial charge is 0.398 e. The highest BCUT2D eigenvalue weighted by Gasteiger charge is 2.10. The maximum atomic E-state index is 10.7. The van der Waals surface area contributed by atoms with Crippen LogP contribution in [-0.2, 0) is 0 Å². The molecular formula is C11H13ClN2O2. The lowest BCUT2D eigenvalue weighted by molar-refractivity contribution is -0.384. The SMILES string of the molecule is Cc1cc([N+](=O)[O-])cc(C=CCCCl)c1N. The number of hydrogen-bond donors (Lipinski definition) is 1. The number of hydrogen-bond acceptors (Lipinski definition) is 3. The fourth-order valence-corrected chi connectivity index (χ4v) is 1.45. The molecular weight excluding hydrogens is 228 g/mol. The van der Waals surface area contributed by atoms with Crippen molar-refractivity contribution < 1.29 is 4.92 Å². The number of rotatable bonds is 4. The van der Waals surface area contributed by atoms with Gasteiger partial charge in [-0.1, -0.05) is 12.2 Å². The molecule has 1 aromatic rings. The van der Waals surface area contributed by atoms with E-state index in [0.717, 1.165) is 0 Å². The number of nitrogen functional groups attached to an aromatic ring is 1. The number of alkyl halides is 1. The predicted molar refractivity (Wildman–Crippen MR) is 66.6 cm³/mol. The third-order valence-electron chi connectivity index (χ3n) is 2.19. The summed E-state index contributed by atoms with van der Waals surface area (Å²) >= 11 is 5.53. The minimum absolute atomic E-state index is 0.0530. The van der Waals surface area contributed by atoms with Gasteiger partial charge in [-0.15, -0.1) is 11.6 Å². The Bertz CT molecular complexity index is 430. The monoisotopic (exact) mass is 240 g/mol. The van der Waals surface area contributed by atoms with Crippen molar-refractivity contribution in [1.29, 1.82) is 0 Å². The molecule has 0 aromatic heterocycles. The first kappa shape index (κ1) is 12.5. The van der Waals surface area contributed by atoms with Crippen LogP contribution in [0.25, 0.3) is 6.08 Å². The number of nitrogens with zero attached hydrogens (tertiary/aromatic N) is 1. The van der Waals surface area contributed by atoms with Crippen molar-refractivity contribution in [2.45, 2.75) is 13.3 Å². The molecule has 1 rings (SSSR count). The van der Waals surface area contributed by atoms with Gasteiger partial charge in [0.25, 0.3) is 5.69 Å². The van der Waals surface area contributed by atoms with Crippen LogP contribution in [0.4, 0.5) is 11.4 Å². The number of nitro benzene ring substituents is 1. The van der Waals surface area contributed by atoms with E-state index in [1.165, 1.54) is 12.1 Å². The number of anilines is 1. The maximum Gasteiger partial charge on any atom is 0.270 e. The molecule has 4 nitrogen and oxygen atoms in total. The molecule has 0 fully saturated rings. The molecule has 0 aliphatic heterocycles. The normalized spacial score (nSPS) is 10.9. The number of non-ortho nitro benzene ring substituents is 1. The molecule has 2 N–H and O–H groups in total. The van der Waals surface area contributed by atoms with E-state index in [4.69, 9.17) is 17.3 Å². The van der Waals surface area contributed by atoms with E-state index in [2.05, 4.69) is 0 Å². The second-order valence-corrected chi connectivity index (χ2v) is 3.78. The number of nitro groups is 1. The minimum Gasteiger partial charge on any atom is -0.398 e. The zero-order chi connectivity index (χ0) is 12.1. The van der Waals surface area contributed by atoms with Crippen LogP contribution >= 0.6 is 11.6 Å². The molecule has 0 unspecified atom stereocenters. The molecule has 0 amide bonds. The van der Waals surface area contributed by atoms with Crippen molar-refractivity contribution in [2.75, 3.05) is 11.6 Å². The Hall–Kier alpha value is -1.55. The summed E-state index contributed by atoms with van der Waals surface area (Å²) in [6.45, 7) is 1.75. The fourth-order valence-electron chi connectivity index (χ4n) is 1.32. The summed E-state index contributed by atoms with van der Waals surface area (Å²) in [6.07, 6.45) is 4.32. The second-order valence-electron chi connectivity index (χ2n) is 3.40. The summed E-state index contributed by atoms with van der Waals surface area (Å²) in [5.74, 6) is 0.518. The van der Waals surface area contributed by atoms with Gasteiger partial charge in [-0.2, -0.15) is 0 Å². The van der Waals surface area contributed by atoms with E-state index in [1.807, 2.05) is 6.08 Å². The summed E-state index contributed by atoms with van der Waals surface area (Å²) < 4.78 is 0. The molecule has 0 bridgehead atoms. The van der Waals surface area contributed by atoms with Gasteiger partial charge in [-0.25, -0.2) is 0 Å². The second kappa shape index (κ2) is 5.51. The quantitative estimate of drug-likeness (QED) is 0.380. The lowest BCUT2D eigenvalue weighted by Crippen LogP contribution is -1.96. The van der Waals surface area contributed by atoms with Gasteiger partial charge in [0.2, 0.25) is 0 Å². The Labute approximate surface area is 98.9 Å². The highest BCUT2D eigenvalue weighted by atomic mass is 35.5. The summed E-state index contributed by atoms with van der Waals surface area (Å²) in [5, 5.41) is 10.7. The Balaban J connectivity index is 3.11. The first-order valence-electron chi connectivity index (χ1n) is 4.83. The van der Waals surface area contributed by atoms with Crippen molar-refractivity contribution in [1.82, 2.24) is 0 Å². The zero-order valence-corrected chi connectivity index (χ0v) is 9.70. The third-order valence-corrected chi connectivity index (χ3v) is 2.41. The number of halogens is 1. The third kappa shape index (κ3) is 2.97. The first-order valence-corrected chi connectivity index (χ1v) is 5.36. The highest BCUT2D eigenvalue weighted by Crippen LogP contribution is 2.25. The van der Waals surface area contributed by atoms with Gasteiger partial charge >= 0.3 is 0 Å². The van der Waals surface area contributed by atoms with Crippen molar-refractivity contribution in [3.63, 3.8) is 0 Å². The maximum absolute atomic E-state index is 10.7. The van der Waals surface area contributed by atoms with Gasteiger partial charge in [0.05, 0.1) is 4.92 Å². The molecule has 0 radical (unpaired) electrons. The van der Waals surface area contributed by atoms with E-state index in [0.29, 0.717) is 29.1 Å². The molecule has 0 spiro atoms. The minimum atomic E-state index is -0.425. The zero-order valence-electron chi connectivity index (χ0n) is 8.94. The van der Waals surface area contributed by atoms with E-state index < -0.39 is 4.92 Å².